The maximum Gasteiger partial charge on any atom is 0.329 e. The lowest BCUT2D eigenvalue weighted by atomic mass is 9.90. The van der Waals surface area contributed by atoms with Crippen LogP contribution in [0.15, 0.2) is 18.2 Å². The minimum Gasteiger partial charge on any atom is -0.483 e. The first-order valence-electron chi connectivity index (χ1n) is 7.26. The quantitative estimate of drug-likeness (QED) is 0.859. The Kier molecular flexibility index (Phi) is 5.03. The van der Waals surface area contributed by atoms with Gasteiger partial charge < -0.3 is 19.9 Å². The lowest BCUT2D eigenvalue weighted by molar-refractivity contribution is -0.152. The Morgan fingerprint density at radius 1 is 1.27 bits per heavy atom. The van der Waals surface area contributed by atoms with E-state index in [2.05, 4.69) is 5.32 Å². The van der Waals surface area contributed by atoms with Gasteiger partial charge in [0.15, 0.2) is 6.61 Å². The van der Waals surface area contributed by atoms with Gasteiger partial charge in [-0.15, -0.1) is 0 Å². The predicted molar refractivity (Wildman–Crippen MR) is 80.0 cm³/mol. The van der Waals surface area contributed by atoms with Gasteiger partial charge in [-0.1, -0.05) is 18.2 Å². The highest BCUT2D eigenvalue weighted by atomic mass is 16.5. The summed E-state index contributed by atoms with van der Waals surface area (Å²) in [4.78, 5) is 23.6. The third-order valence-electron chi connectivity index (χ3n) is 3.89. The molecule has 0 bridgehead atoms. The van der Waals surface area contributed by atoms with E-state index in [1.807, 2.05) is 32.0 Å². The maximum absolute atomic E-state index is 12.1. The molecule has 1 saturated heterocycles. The molecule has 1 amide bonds. The highest BCUT2D eigenvalue weighted by molar-refractivity contribution is 5.87. The minimum atomic E-state index is -1.25. The molecule has 0 spiro atoms. The van der Waals surface area contributed by atoms with Gasteiger partial charge in [0.05, 0.1) is 0 Å². The van der Waals surface area contributed by atoms with Crippen LogP contribution < -0.4 is 10.1 Å². The van der Waals surface area contributed by atoms with E-state index in [1.165, 1.54) is 0 Å². The number of carbonyl (C=O) groups excluding carboxylic acids is 1. The normalized spacial score (nSPS) is 16.8. The zero-order valence-corrected chi connectivity index (χ0v) is 12.8. The van der Waals surface area contributed by atoms with Crippen LogP contribution in [0.25, 0.3) is 0 Å². The van der Waals surface area contributed by atoms with E-state index >= 15 is 0 Å². The first kappa shape index (κ1) is 16.3. The molecule has 120 valence electrons. The van der Waals surface area contributed by atoms with Crippen molar-refractivity contribution in [3.63, 3.8) is 0 Å². The Morgan fingerprint density at radius 3 is 2.41 bits per heavy atom. The number of hydrogen-bond acceptors (Lipinski definition) is 4. The summed E-state index contributed by atoms with van der Waals surface area (Å²) in [5.74, 6) is -0.808. The van der Waals surface area contributed by atoms with Crippen LogP contribution in [0.3, 0.4) is 0 Å². The number of para-hydroxylation sites is 1. The number of nitrogens with one attached hydrogen (secondary N) is 1. The van der Waals surface area contributed by atoms with E-state index in [0.717, 1.165) is 11.1 Å². The molecule has 1 aromatic carbocycles. The summed E-state index contributed by atoms with van der Waals surface area (Å²) in [5.41, 5.74) is 0.623. The number of carboxylic acid groups (broad SMARTS) is 1. The van der Waals surface area contributed by atoms with Gasteiger partial charge in [0.1, 0.15) is 11.3 Å². The molecule has 1 aliphatic rings. The van der Waals surface area contributed by atoms with Gasteiger partial charge >= 0.3 is 5.97 Å². The van der Waals surface area contributed by atoms with Gasteiger partial charge in [-0.05, 0) is 25.0 Å². The Labute approximate surface area is 129 Å². The van der Waals surface area contributed by atoms with Gasteiger partial charge in [-0.2, -0.15) is 0 Å². The Balaban J connectivity index is 1.99. The number of benzene rings is 1. The number of rotatable bonds is 5. The molecule has 6 heteroatoms. The van der Waals surface area contributed by atoms with Crippen LogP contribution in [-0.2, 0) is 14.3 Å². The number of ether oxygens (including phenoxy) is 2. The number of aliphatic carboxylic acids is 1. The van der Waals surface area contributed by atoms with E-state index in [4.69, 9.17) is 9.47 Å². The highest BCUT2D eigenvalue weighted by Crippen LogP contribution is 2.23. The summed E-state index contributed by atoms with van der Waals surface area (Å²) in [6, 6.07) is 5.72. The maximum atomic E-state index is 12.1. The van der Waals surface area contributed by atoms with Crippen LogP contribution in [0.4, 0.5) is 0 Å². The molecule has 0 aromatic heterocycles. The van der Waals surface area contributed by atoms with E-state index in [1.54, 1.807) is 0 Å². The average Bonchev–Trinajstić information content (AvgIpc) is 2.47. The standard InChI is InChI=1S/C16H21NO5/c1-11-4-3-5-12(2)14(11)22-10-13(18)17-16(15(19)20)6-8-21-9-7-16/h3-5H,6-10H2,1-2H3,(H,17,18)(H,19,20). The zero-order chi connectivity index (χ0) is 16.2. The summed E-state index contributed by atoms with van der Waals surface area (Å²) >= 11 is 0. The molecule has 1 aliphatic heterocycles. The molecule has 2 N–H and O–H groups in total. The second-order valence-electron chi connectivity index (χ2n) is 5.56. The first-order chi connectivity index (χ1) is 10.4. The Bertz CT molecular complexity index is 543. The van der Waals surface area contributed by atoms with Crippen LogP contribution in [0.2, 0.25) is 0 Å². The largest absolute Gasteiger partial charge is 0.483 e. The number of carboxylic acids is 1. The van der Waals surface area contributed by atoms with Gasteiger partial charge in [0.2, 0.25) is 0 Å². The first-order valence-corrected chi connectivity index (χ1v) is 7.26. The van der Waals surface area contributed by atoms with Gasteiger partial charge in [0, 0.05) is 26.1 Å². The fraction of sp³-hybridized carbons (Fsp3) is 0.500. The Morgan fingerprint density at radius 2 is 1.86 bits per heavy atom. The van der Waals surface area contributed by atoms with Crippen molar-refractivity contribution in [2.24, 2.45) is 0 Å². The molecule has 1 aromatic rings. The van der Waals surface area contributed by atoms with Crippen LogP contribution in [-0.4, -0.2) is 42.3 Å². The predicted octanol–water partition coefficient (Wildman–Crippen LogP) is 1.43. The molecule has 0 radical (unpaired) electrons. The van der Waals surface area contributed by atoms with Gasteiger partial charge in [0.25, 0.3) is 5.91 Å². The van der Waals surface area contributed by atoms with Crippen molar-refractivity contribution in [3.05, 3.63) is 29.3 Å². The summed E-state index contributed by atoms with van der Waals surface area (Å²) in [6.07, 6.45) is 0.523. The number of amides is 1. The minimum absolute atomic E-state index is 0.207. The summed E-state index contributed by atoms with van der Waals surface area (Å²) in [7, 11) is 0. The molecule has 1 heterocycles. The van der Waals surface area contributed by atoms with E-state index in [0.29, 0.717) is 19.0 Å². The van der Waals surface area contributed by atoms with Crippen molar-refractivity contribution in [3.8, 4) is 5.75 Å². The molecule has 0 unspecified atom stereocenters. The third kappa shape index (κ3) is 3.57. The second-order valence-corrected chi connectivity index (χ2v) is 5.56. The molecule has 0 aliphatic carbocycles. The summed E-state index contributed by atoms with van der Waals surface area (Å²) in [5, 5.41) is 12.0. The van der Waals surface area contributed by atoms with Gasteiger partial charge in [-0.25, -0.2) is 4.79 Å². The van der Waals surface area contributed by atoms with Crippen molar-refractivity contribution in [2.45, 2.75) is 32.2 Å². The number of carbonyl (C=O) groups is 2. The highest BCUT2D eigenvalue weighted by Gasteiger charge is 2.41. The smallest absolute Gasteiger partial charge is 0.329 e. The van der Waals surface area contributed by atoms with E-state index in [-0.39, 0.29) is 19.4 Å². The van der Waals surface area contributed by atoms with Crippen LogP contribution in [0.1, 0.15) is 24.0 Å². The van der Waals surface area contributed by atoms with Crippen LogP contribution >= 0.6 is 0 Å². The van der Waals surface area contributed by atoms with Gasteiger partial charge in [-0.3, -0.25) is 4.79 Å². The van der Waals surface area contributed by atoms with Crippen LogP contribution in [0, 0.1) is 13.8 Å². The topological polar surface area (TPSA) is 84.9 Å². The Hall–Kier alpha value is -2.08. The summed E-state index contributed by atoms with van der Waals surface area (Å²) < 4.78 is 10.7. The monoisotopic (exact) mass is 307 g/mol. The van der Waals surface area contributed by atoms with Crippen LogP contribution in [0.5, 0.6) is 5.75 Å². The SMILES string of the molecule is Cc1cccc(C)c1OCC(=O)NC1(C(=O)O)CCOCC1. The lowest BCUT2D eigenvalue weighted by Crippen LogP contribution is -2.58. The van der Waals surface area contributed by atoms with E-state index in [9.17, 15) is 14.7 Å². The molecular weight excluding hydrogens is 286 g/mol. The van der Waals surface area contributed by atoms with E-state index < -0.39 is 17.4 Å². The molecule has 2 rings (SSSR count). The molecule has 22 heavy (non-hydrogen) atoms. The van der Waals surface area contributed by atoms with Crippen molar-refractivity contribution < 1.29 is 24.2 Å². The number of aryl methyl sites for hydroxylation is 2. The number of hydrogen-bond donors (Lipinski definition) is 2. The summed E-state index contributed by atoms with van der Waals surface area (Å²) in [6.45, 7) is 4.24. The molecule has 6 nitrogen and oxygen atoms in total. The molecular formula is C16H21NO5. The fourth-order valence-electron chi connectivity index (χ4n) is 2.58. The fourth-order valence-corrected chi connectivity index (χ4v) is 2.58. The van der Waals surface area contributed by atoms with Crippen molar-refractivity contribution in [1.29, 1.82) is 0 Å². The van der Waals surface area contributed by atoms with Crippen molar-refractivity contribution in [1.82, 2.24) is 5.32 Å². The van der Waals surface area contributed by atoms with Crippen molar-refractivity contribution in [2.75, 3.05) is 19.8 Å². The third-order valence-corrected chi connectivity index (χ3v) is 3.89. The average molecular weight is 307 g/mol. The molecule has 0 atom stereocenters. The zero-order valence-electron chi connectivity index (χ0n) is 12.8. The molecule has 0 saturated carbocycles. The molecule has 1 fully saturated rings. The van der Waals surface area contributed by atoms with Crippen molar-refractivity contribution >= 4 is 11.9 Å². The lowest BCUT2D eigenvalue weighted by Gasteiger charge is -2.33. The second kappa shape index (κ2) is 6.79.